The van der Waals surface area contributed by atoms with E-state index in [0.717, 1.165) is 213 Å². The smallest absolute Gasteiger partial charge is 0.355 e. The van der Waals surface area contributed by atoms with Crippen LogP contribution in [0.2, 0.25) is 10.0 Å². The van der Waals surface area contributed by atoms with E-state index in [1.807, 2.05) is 55.8 Å². The molecule has 13 heterocycles. The number of pyridine rings is 4. The number of aryl methyl sites for hydroxylation is 2. The van der Waals surface area contributed by atoms with E-state index in [0.29, 0.717) is 21.4 Å². The van der Waals surface area contributed by atoms with Crippen molar-refractivity contribution in [1.29, 1.82) is 5.26 Å². The molecule has 2 aromatic carbocycles. The zero-order chi connectivity index (χ0) is 59.4. The molecule has 6 aliphatic rings. The van der Waals surface area contributed by atoms with Crippen LogP contribution in [0.15, 0.2) is 104 Å². The average Bonchev–Trinajstić information content (AvgIpc) is 1.45. The van der Waals surface area contributed by atoms with E-state index in [1.165, 1.54) is 0 Å². The highest BCUT2D eigenvalue weighted by atomic mass is 35.5. The lowest BCUT2D eigenvalue weighted by Gasteiger charge is -2.41. The van der Waals surface area contributed by atoms with Crippen molar-refractivity contribution < 1.29 is 0 Å². The topological polar surface area (TPSA) is 181 Å². The first kappa shape index (κ1) is 55.5. The standard InChI is InChI=1S/C67H65Cl2N19/c1-41-29-59(81-55-31-56(52(68)30-51(41)55)79-34-45-14-27-85(28-15-45)66-62(72-18-21-76-66)47-35-86(36-47)57-8-5-50-42(2)71-16-9-53(50)80-57)88-39-49(40-88)64-67(77-22-19-74-64)84-25-12-44(13-26-84)33-78-54-6-3-46-4-7-58(82-61(46)60(54)69)87-37-48(38-87)63-65(75-20-17-73-63)83-23-10-43(32-70)11-24-83/h3-9,16-22,29-31,43-45,47-49H,10-15,23-28,35-40H2,1-2H3/q+2. The van der Waals surface area contributed by atoms with E-state index >= 15 is 0 Å². The van der Waals surface area contributed by atoms with Crippen LogP contribution in [-0.2, 0) is 0 Å². The third-order valence-corrected chi connectivity index (χ3v) is 19.5. The van der Waals surface area contributed by atoms with Gasteiger partial charge in [-0.2, -0.15) is 5.26 Å². The Labute approximate surface area is 520 Å². The van der Waals surface area contributed by atoms with E-state index in [1.54, 1.807) is 24.8 Å². The van der Waals surface area contributed by atoms with Gasteiger partial charge in [-0.25, -0.2) is 29.9 Å². The minimum atomic E-state index is 0.114. The van der Waals surface area contributed by atoms with Crippen molar-refractivity contribution in [2.24, 2.45) is 17.8 Å². The predicted octanol–water partition coefficient (Wildman–Crippen LogP) is 12.3. The number of aromatic nitrogens is 10. The van der Waals surface area contributed by atoms with Crippen molar-refractivity contribution in [2.45, 2.75) is 70.1 Å². The number of nitriles is 1. The number of nitrogens with zero attached hydrogens (tertiary/aromatic N) is 19. The minimum Gasteiger partial charge on any atom is -0.355 e. The molecule has 0 unspecified atom stereocenters. The molecule has 0 saturated carbocycles. The Morgan fingerprint density at radius 1 is 0.455 bits per heavy atom. The highest BCUT2D eigenvalue weighted by Crippen LogP contribution is 2.42. The summed E-state index contributed by atoms with van der Waals surface area (Å²) in [5.74, 6) is 6.86. The summed E-state index contributed by atoms with van der Waals surface area (Å²) in [6, 6.07) is 29.9. The summed E-state index contributed by atoms with van der Waals surface area (Å²) in [5.41, 5.74) is 9.11. The van der Waals surface area contributed by atoms with Crippen LogP contribution < -0.4 is 29.4 Å². The van der Waals surface area contributed by atoms with E-state index in [-0.39, 0.29) is 35.5 Å². The molecule has 0 spiro atoms. The van der Waals surface area contributed by atoms with Crippen molar-refractivity contribution in [3.63, 3.8) is 0 Å². The molecule has 0 amide bonds. The summed E-state index contributed by atoms with van der Waals surface area (Å²) in [6.07, 6.45) is 17.9. The fourth-order valence-electron chi connectivity index (χ4n) is 13.5. The zero-order valence-electron chi connectivity index (χ0n) is 49.3. The second kappa shape index (κ2) is 23.5. The predicted molar refractivity (Wildman–Crippen MR) is 348 cm³/mol. The number of halogens is 2. The van der Waals surface area contributed by atoms with Crippen LogP contribution in [0, 0.1) is 55.1 Å². The summed E-state index contributed by atoms with van der Waals surface area (Å²) >= 11 is 14.0. The molecule has 19 nitrogen and oxygen atoms in total. The molecule has 6 aliphatic heterocycles. The lowest BCUT2D eigenvalue weighted by atomic mass is 9.93. The van der Waals surface area contributed by atoms with Crippen LogP contribution in [0.1, 0.15) is 84.6 Å². The SMILES string of the molecule is Cc1cc(N2CC(c3nccnc3N3CCC(C#[N+]c4ccc5ccc(N6CC(c7nccnc7N7CCC(C#N)CC7)C6)nc5c4Cl)CC3)C2)nc2cc([N+]#CC3CCN(c4nccnc4C4CN(c5ccc6c(C)nccc6n5)C4)CC3)c(Cl)cc12. The molecule has 6 saturated heterocycles. The molecule has 21 heteroatoms. The Bertz CT molecular complexity index is 4340. The van der Waals surface area contributed by atoms with Gasteiger partial charge in [0.1, 0.15) is 22.5 Å². The van der Waals surface area contributed by atoms with Gasteiger partial charge in [-0.3, -0.25) is 19.9 Å². The van der Waals surface area contributed by atoms with E-state index in [9.17, 15) is 5.26 Å². The zero-order valence-corrected chi connectivity index (χ0v) is 50.8. The van der Waals surface area contributed by atoms with Gasteiger partial charge in [-0.1, -0.05) is 23.2 Å². The molecular formula is C67H65Cl2N19+2. The van der Waals surface area contributed by atoms with E-state index in [2.05, 4.69) is 89.8 Å². The lowest BCUT2D eigenvalue weighted by Crippen LogP contribution is -2.47. The van der Waals surface area contributed by atoms with Crippen LogP contribution in [0.4, 0.5) is 46.3 Å². The van der Waals surface area contributed by atoms with Crippen LogP contribution >= 0.6 is 23.2 Å². The van der Waals surface area contributed by atoms with Gasteiger partial charge in [-0.15, -0.1) is 0 Å². The number of anilines is 6. The lowest BCUT2D eigenvalue weighted by molar-refractivity contribution is 0.473. The van der Waals surface area contributed by atoms with Crippen molar-refractivity contribution in [3.8, 4) is 18.2 Å². The van der Waals surface area contributed by atoms with E-state index < -0.39 is 0 Å². The molecule has 15 rings (SSSR count). The van der Waals surface area contributed by atoms with Crippen molar-refractivity contribution >= 4 is 102 Å². The summed E-state index contributed by atoms with van der Waals surface area (Å²) < 4.78 is 0. The molecule has 0 N–H and O–H groups in total. The molecule has 0 bridgehead atoms. The Hall–Kier alpha value is -9.09. The molecule has 7 aromatic heterocycles. The molecule has 440 valence electrons. The summed E-state index contributed by atoms with van der Waals surface area (Å²) in [7, 11) is 0. The molecule has 88 heavy (non-hydrogen) atoms. The highest BCUT2D eigenvalue weighted by molar-refractivity contribution is 6.38. The maximum absolute atomic E-state index is 9.41. The average molecular weight is 1210 g/mol. The van der Waals surface area contributed by atoms with Crippen LogP contribution in [0.5, 0.6) is 0 Å². The van der Waals surface area contributed by atoms with Gasteiger partial charge in [0.2, 0.25) is 0 Å². The maximum atomic E-state index is 9.41. The Morgan fingerprint density at radius 3 is 1.49 bits per heavy atom. The third-order valence-electron chi connectivity index (χ3n) is 18.8. The first-order valence-corrected chi connectivity index (χ1v) is 31.6. The number of hydrogen-bond acceptors (Lipinski definition) is 17. The first-order valence-electron chi connectivity index (χ1n) is 30.8. The quantitative estimate of drug-likeness (QED) is 0.133. The van der Waals surface area contributed by atoms with Crippen LogP contribution in [-0.4, -0.2) is 128 Å². The number of rotatable bonds is 9. The molecule has 0 atom stereocenters. The van der Waals surface area contributed by atoms with Gasteiger partial charge in [0.15, 0.2) is 22.5 Å². The minimum absolute atomic E-state index is 0.114. The summed E-state index contributed by atoms with van der Waals surface area (Å²) in [4.78, 5) is 72.4. The second-order valence-electron chi connectivity index (χ2n) is 24.4. The van der Waals surface area contributed by atoms with Gasteiger partial charge in [0.05, 0.1) is 57.6 Å². The van der Waals surface area contributed by atoms with Crippen molar-refractivity contribution in [3.05, 3.63) is 152 Å². The van der Waals surface area contributed by atoms with Crippen molar-refractivity contribution in [1.82, 2.24) is 49.8 Å². The molecule has 6 fully saturated rings. The second-order valence-corrected chi connectivity index (χ2v) is 25.2. The molecular weight excluding hydrogens is 1140 g/mol. The van der Waals surface area contributed by atoms with Gasteiger partial charge in [-0.05, 0) is 116 Å². The van der Waals surface area contributed by atoms with Gasteiger partial charge < -0.3 is 29.4 Å². The molecule has 0 aliphatic carbocycles. The molecule has 9 aromatic rings. The Kier molecular flexibility index (Phi) is 14.8. The van der Waals surface area contributed by atoms with Crippen LogP contribution in [0.25, 0.3) is 42.4 Å². The van der Waals surface area contributed by atoms with Crippen molar-refractivity contribution in [2.75, 3.05) is 108 Å². The summed E-state index contributed by atoms with van der Waals surface area (Å²) in [6.45, 7) is 14.0. The van der Waals surface area contributed by atoms with Gasteiger partial charge in [0, 0.05) is 174 Å². The van der Waals surface area contributed by atoms with Crippen LogP contribution in [0.3, 0.4) is 0 Å². The van der Waals surface area contributed by atoms with Gasteiger partial charge in [0.25, 0.3) is 12.1 Å². The van der Waals surface area contributed by atoms with E-state index in [4.69, 9.17) is 77.7 Å². The maximum Gasteiger partial charge on any atom is 0.360 e. The number of fused-ring (bicyclic) bond motifs is 3. The number of piperidine rings is 3. The highest BCUT2D eigenvalue weighted by Gasteiger charge is 2.38. The number of benzene rings is 2. The third kappa shape index (κ3) is 10.8. The normalized spacial score (nSPS) is 18.2. The van der Waals surface area contributed by atoms with Gasteiger partial charge >= 0.3 is 11.4 Å². The summed E-state index contributed by atoms with van der Waals surface area (Å²) in [5, 5.41) is 13.6. The largest absolute Gasteiger partial charge is 0.360 e. The number of hydrogen-bond donors (Lipinski definition) is 0. The first-order chi connectivity index (χ1) is 43.1. The monoisotopic (exact) mass is 1210 g/mol. The fourth-order valence-corrected chi connectivity index (χ4v) is 14.0. The Morgan fingerprint density at radius 2 is 0.932 bits per heavy atom. The molecule has 0 radical (unpaired) electrons. The fraction of sp³-hybridized carbons (Fsp3) is 0.388. The Balaban J connectivity index is 0.548.